The topological polar surface area (TPSA) is 63.4 Å². The number of halogens is 1. The van der Waals surface area contributed by atoms with E-state index in [-0.39, 0.29) is 17.9 Å². The molecule has 0 aromatic heterocycles. The van der Waals surface area contributed by atoms with Gasteiger partial charge in [-0.25, -0.2) is 12.8 Å². The maximum atomic E-state index is 13.4. The van der Waals surface area contributed by atoms with E-state index in [1.54, 1.807) is 28.6 Å². The number of aryl methyl sites for hydroxylation is 1. The van der Waals surface area contributed by atoms with Gasteiger partial charge in [-0.1, -0.05) is 29.8 Å². The summed E-state index contributed by atoms with van der Waals surface area (Å²) in [6.45, 7) is 2.47. The molecule has 0 saturated carbocycles. The molecular weight excluding hydrogens is 351 g/mol. The number of sulfonamides is 1. The first kappa shape index (κ1) is 19.0. The highest BCUT2D eigenvalue weighted by atomic mass is 32.2. The summed E-state index contributed by atoms with van der Waals surface area (Å²) in [5.74, 6) is -0.320. The lowest BCUT2D eigenvalue weighted by atomic mass is 10.1. The van der Waals surface area contributed by atoms with Crippen molar-refractivity contribution in [3.8, 4) is 0 Å². The molecule has 1 saturated heterocycles. The molecule has 0 radical (unpaired) electrons. The molecule has 2 aromatic carbocycles. The average molecular weight is 376 g/mol. The third-order valence-electron chi connectivity index (χ3n) is 5.03. The third-order valence-corrected chi connectivity index (χ3v) is 7.01. The zero-order chi connectivity index (χ0) is 18.7. The number of hydrogen-bond donors (Lipinski definition) is 1. The van der Waals surface area contributed by atoms with Crippen LogP contribution in [0.2, 0.25) is 0 Å². The van der Waals surface area contributed by atoms with Gasteiger partial charge in [-0.3, -0.25) is 0 Å². The molecule has 140 valence electrons. The van der Waals surface area contributed by atoms with Crippen LogP contribution in [0.1, 0.15) is 42.9 Å². The van der Waals surface area contributed by atoms with Crippen LogP contribution in [0, 0.1) is 12.7 Å². The summed E-state index contributed by atoms with van der Waals surface area (Å²) in [5.41, 5.74) is 7.49. The fraction of sp³-hybridized carbons (Fsp3) is 0.400. The second kappa shape index (κ2) is 7.86. The predicted molar refractivity (Wildman–Crippen MR) is 101 cm³/mol. The number of rotatable bonds is 6. The van der Waals surface area contributed by atoms with Gasteiger partial charge in [-0.15, -0.1) is 0 Å². The Bertz CT molecular complexity index is 835. The molecule has 1 aliphatic heterocycles. The van der Waals surface area contributed by atoms with Crippen LogP contribution >= 0.6 is 0 Å². The first-order chi connectivity index (χ1) is 12.4. The van der Waals surface area contributed by atoms with Gasteiger partial charge in [0, 0.05) is 6.04 Å². The third kappa shape index (κ3) is 3.82. The van der Waals surface area contributed by atoms with Crippen LogP contribution in [0.3, 0.4) is 0 Å². The van der Waals surface area contributed by atoms with E-state index in [1.807, 2.05) is 19.1 Å². The molecule has 4 nitrogen and oxygen atoms in total. The predicted octanol–water partition coefficient (Wildman–Crippen LogP) is 3.77. The molecule has 3 rings (SSSR count). The number of benzene rings is 2. The van der Waals surface area contributed by atoms with E-state index in [9.17, 15) is 12.8 Å². The maximum absolute atomic E-state index is 13.4. The van der Waals surface area contributed by atoms with Gasteiger partial charge in [0.05, 0.1) is 10.9 Å². The van der Waals surface area contributed by atoms with E-state index in [1.165, 1.54) is 12.1 Å². The Labute approximate surface area is 154 Å². The fourth-order valence-corrected chi connectivity index (χ4v) is 5.57. The van der Waals surface area contributed by atoms with Gasteiger partial charge in [0.25, 0.3) is 0 Å². The van der Waals surface area contributed by atoms with Crippen LogP contribution in [-0.4, -0.2) is 25.3 Å². The average Bonchev–Trinajstić information content (AvgIpc) is 3.05. The van der Waals surface area contributed by atoms with E-state index in [2.05, 4.69) is 0 Å². The van der Waals surface area contributed by atoms with Gasteiger partial charge in [0.15, 0.2) is 0 Å². The summed E-state index contributed by atoms with van der Waals surface area (Å²) in [6, 6.07) is 12.7. The first-order valence-electron chi connectivity index (χ1n) is 8.99. The van der Waals surface area contributed by atoms with Crippen molar-refractivity contribution in [2.24, 2.45) is 5.73 Å². The number of nitrogens with two attached hydrogens (primary N) is 1. The Kier molecular flexibility index (Phi) is 5.75. The summed E-state index contributed by atoms with van der Waals surface area (Å²) < 4.78 is 41.7. The largest absolute Gasteiger partial charge is 0.330 e. The van der Waals surface area contributed by atoms with Crippen LogP contribution in [-0.2, 0) is 10.0 Å². The standard InChI is InChI=1S/C20H25FN2O2S/c1-15-4-11-19(12-5-15)26(24,25)23-18(3-2-14-22)10-13-20(23)16-6-8-17(21)9-7-16/h4-9,11-12,18,20H,2-3,10,13-14,22H2,1H3/t18-,20-/m0/s1. The van der Waals surface area contributed by atoms with Gasteiger partial charge in [0.1, 0.15) is 5.82 Å². The van der Waals surface area contributed by atoms with Gasteiger partial charge >= 0.3 is 0 Å². The van der Waals surface area contributed by atoms with Crippen LogP contribution in [0.4, 0.5) is 4.39 Å². The Morgan fingerprint density at radius 1 is 1.08 bits per heavy atom. The summed E-state index contributed by atoms with van der Waals surface area (Å²) in [7, 11) is -3.64. The van der Waals surface area contributed by atoms with Gasteiger partial charge in [-0.05, 0) is 69.0 Å². The Balaban J connectivity index is 2.00. The van der Waals surface area contributed by atoms with Crippen molar-refractivity contribution in [3.05, 3.63) is 65.5 Å². The summed E-state index contributed by atoms with van der Waals surface area (Å²) >= 11 is 0. The van der Waals surface area contributed by atoms with E-state index >= 15 is 0 Å². The fourth-order valence-electron chi connectivity index (χ4n) is 3.68. The van der Waals surface area contributed by atoms with Crippen molar-refractivity contribution >= 4 is 10.0 Å². The van der Waals surface area contributed by atoms with Crippen LogP contribution in [0.5, 0.6) is 0 Å². The second-order valence-corrected chi connectivity index (χ2v) is 8.72. The minimum absolute atomic E-state index is 0.0834. The number of nitrogens with zero attached hydrogens (tertiary/aromatic N) is 1. The molecule has 1 heterocycles. The van der Waals surface area contributed by atoms with E-state index in [0.29, 0.717) is 11.4 Å². The van der Waals surface area contributed by atoms with Crippen molar-refractivity contribution in [1.29, 1.82) is 0 Å². The molecule has 2 atom stereocenters. The maximum Gasteiger partial charge on any atom is 0.243 e. The quantitative estimate of drug-likeness (QED) is 0.835. The van der Waals surface area contributed by atoms with E-state index in [0.717, 1.165) is 36.8 Å². The monoisotopic (exact) mass is 376 g/mol. The molecule has 0 spiro atoms. The highest BCUT2D eigenvalue weighted by Crippen LogP contribution is 2.41. The molecule has 0 aliphatic carbocycles. The zero-order valence-corrected chi connectivity index (χ0v) is 15.8. The smallest absolute Gasteiger partial charge is 0.243 e. The summed E-state index contributed by atoms with van der Waals surface area (Å²) in [4.78, 5) is 0.301. The Hall–Kier alpha value is -1.76. The first-order valence-corrected chi connectivity index (χ1v) is 10.4. The van der Waals surface area contributed by atoms with Crippen molar-refractivity contribution < 1.29 is 12.8 Å². The van der Waals surface area contributed by atoms with Crippen molar-refractivity contribution in [2.45, 2.75) is 49.6 Å². The Morgan fingerprint density at radius 2 is 1.73 bits per heavy atom. The lowest BCUT2D eigenvalue weighted by molar-refractivity contribution is 0.310. The zero-order valence-electron chi connectivity index (χ0n) is 14.9. The summed E-state index contributed by atoms with van der Waals surface area (Å²) in [5, 5.41) is 0. The molecule has 26 heavy (non-hydrogen) atoms. The Morgan fingerprint density at radius 3 is 2.35 bits per heavy atom. The van der Waals surface area contributed by atoms with Crippen LogP contribution in [0.25, 0.3) is 0 Å². The lowest BCUT2D eigenvalue weighted by Gasteiger charge is -2.30. The lowest BCUT2D eigenvalue weighted by Crippen LogP contribution is -2.37. The summed E-state index contributed by atoms with van der Waals surface area (Å²) in [6.07, 6.45) is 3.03. The highest BCUT2D eigenvalue weighted by molar-refractivity contribution is 7.89. The van der Waals surface area contributed by atoms with Crippen LogP contribution in [0.15, 0.2) is 53.4 Å². The minimum Gasteiger partial charge on any atom is -0.330 e. The SMILES string of the molecule is Cc1ccc(S(=O)(=O)N2[C@@H](CCCN)CC[C@H]2c2ccc(F)cc2)cc1. The molecule has 1 fully saturated rings. The van der Waals surface area contributed by atoms with Gasteiger partial charge in [-0.2, -0.15) is 4.31 Å². The number of hydrogen-bond acceptors (Lipinski definition) is 3. The van der Waals surface area contributed by atoms with Crippen molar-refractivity contribution in [3.63, 3.8) is 0 Å². The van der Waals surface area contributed by atoms with E-state index in [4.69, 9.17) is 5.73 Å². The molecule has 2 N–H and O–H groups in total. The van der Waals surface area contributed by atoms with Crippen molar-refractivity contribution in [1.82, 2.24) is 4.31 Å². The molecule has 0 amide bonds. The highest BCUT2D eigenvalue weighted by Gasteiger charge is 2.42. The molecule has 0 unspecified atom stereocenters. The van der Waals surface area contributed by atoms with Crippen molar-refractivity contribution in [2.75, 3.05) is 6.54 Å². The molecule has 1 aliphatic rings. The van der Waals surface area contributed by atoms with Gasteiger partial charge in [0.2, 0.25) is 10.0 Å². The second-order valence-electron chi connectivity index (χ2n) is 6.88. The van der Waals surface area contributed by atoms with Crippen LogP contribution < -0.4 is 5.73 Å². The molecule has 6 heteroatoms. The minimum atomic E-state index is -3.64. The normalized spacial score (nSPS) is 21.2. The molecule has 0 bridgehead atoms. The molecule has 2 aromatic rings. The van der Waals surface area contributed by atoms with E-state index < -0.39 is 10.0 Å². The molecular formula is C20H25FN2O2S. The van der Waals surface area contributed by atoms with Gasteiger partial charge < -0.3 is 5.73 Å².